The molecule has 27 heavy (non-hydrogen) atoms. The van der Waals surface area contributed by atoms with Crippen molar-refractivity contribution < 1.29 is 9.72 Å². The summed E-state index contributed by atoms with van der Waals surface area (Å²) in [5, 5.41) is 18.7. The Morgan fingerprint density at radius 2 is 1.89 bits per heavy atom. The number of rotatable bonds is 7. The maximum atomic E-state index is 12.2. The summed E-state index contributed by atoms with van der Waals surface area (Å²) in [7, 11) is 4.03. The molecule has 1 N–H and O–H groups in total. The van der Waals surface area contributed by atoms with Crippen molar-refractivity contribution in [2.24, 2.45) is 0 Å². The van der Waals surface area contributed by atoms with E-state index in [2.05, 4.69) is 15.3 Å². The zero-order valence-corrected chi connectivity index (χ0v) is 15.3. The summed E-state index contributed by atoms with van der Waals surface area (Å²) in [6, 6.07) is 12.6. The van der Waals surface area contributed by atoms with Crippen molar-refractivity contribution in [1.82, 2.24) is 20.0 Å². The molecule has 0 saturated heterocycles. The van der Waals surface area contributed by atoms with Crippen LogP contribution in [0.5, 0.6) is 0 Å². The Bertz CT molecular complexity index is 963. The fraction of sp³-hybridized carbons (Fsp3) is 0.263. The second-order valence-electron chi connectivity index (χ2n) is 6.63. The number of fused-ring (bicyclic) bond motifs is 1. The fourth-order valence-electron chi connectivity index (χ4n) is 2.82. The SMILES string of the molecule is CN(C)Cc1ccc(CNC(=O)Cn2ncc3ccc([N+](=O)[O-])cc32)cc1. The number of nitrogens with one attached hydrogen (secondary N) is 1. The topological polar surface area (TPSA) is 93.3 Å². The molecular weight excluding hydrogens is 346 g/mol. The second-order valence-corrected chi connectivity index (χ2v) is 6.63. The number of amides is 1. The van der Waals surface area contributed by atoms with Crippen molar-refractivity contribution in [2.75, 3.05) is 14.1 Å². The molecule has 0 aliphatic rings. The van der Waals surface area contributed by atoms with Gasteiger partial charge in [0.2, 0.25) is 5.91 Å². The van der Waals surface area contributed by atoms with Crippen molar-refractivity contribution in [3.8, 4) is 0 Å². The van der Waals surface area contributed by atoms with Crippen LogP contribution in [0.1, 0.15) is 11.1 Å². The first-order valence-corrected chi connectivity index (χ1v) is 8.51. The monoisotopic (exact) mass is 367 g/mol. The van der Waals surface area contributed by atoms with E-state index in [-0.39, 0.29) is 18.1 Å². The molecule has 0 saturated carbocycles. The zero-order chi connectivity index (χ0) is 19.4. The molecule has 0 fully saturated rings. The van der Waals surface area contributed by atoms with Crippen LogP contribution in [0.2, 0.25) is 0 Å². The van der Waals surface area contributed by atoms with E-state index >= 15 is 0 Å². The smallest absolute Gasteiger partial charge is 0.271 e. The van der Waals surface area contributed by atoms with Gasteiger partial charge in [0.1, 0.15) is 6.54 Å². The first-order chi connectivity index (χ1) is 12.9. The minimum atomic E-state index is -0.461. The van der Waals surface area contributed by atoms with Crippen LogP contribution in [0.25, 0.3) is 10.9 Å². The standard InChI is InChI=1S/C19H21N5O3/c1-22(2)12-15-5-3-14(4-6-15)10-20-19(25)13-23-18-9-17(24(26)27)8-7-16(18)11-21-23/h3-9,11H,10,12-13H2,1-2H3,(H,20,25). The van der Waals surface area contributed by atoms with Crippen LogP contribution >= 0.6 is 0 Å². The van der Waals surface area contributed by atoms with Crippen molar-refractivity contribution >= 4 is 22.5 Å². The Hall–Kier alpha value is -3.26. The number of carbonyl (C=O) groups excluding carboxylic acids is 1. The van der Waals surface area contributed by atoms with Crippen LogP contribution in [-0.2, 0) is 24.4 Å². The normalized spacial score (nSPS) is 11.1. The minimum absolute atomic E-state index is 0.00335. The third-order valence-corrected chi connectivity index (χ3v) is 4.14. The van der Waals surface area contributed by atoms with Gasteiger partial charge in [0.05, 0.1) is 16.6 Å². The quantitative estimate of drug-likeness (QED) is 0.511. The van der Waals surface area contributed by atoms with Gasteiger partial charge in [-0.25, -0.2) is 0 Å². The van der Waals surface area contributed by atoms with Gasteiger partial charge in [-0.2, -0.15) is 5.10 Å². The highest BCUT2D eigenvalue weighted by molar-refractivity contribution is 5.83. The Morgan fingerprint density at radius 1 is 1.19 bits per heavy atom. The zero-order valence-electron chi connectivity index (χ0n) is 15.3. The maximum Gasteiger partial charge on any atom is 0.271 e. The molecule has 0 aliphatic carbocycles. The van der Waals surface area contributed by atoms with Crippen molar-refractivity contribution in [3.05, 3.63) is 69.9 Å². The van der Waals surface area contributed by atoms with E-state index in [1.165, 1.54) is 22.4 Å². The lowest BCUT2D eigenvalue weighted by molar-refractivity contribution is -0.384. The molecule has 1 heterocycles. The summed E-state index contributed by atoms with van der Waals surface area (Å²) in [6.45, 7) is 1.29. The third kappa shape index (κ3) is 4.68. The first kappa shape index (κ1) is 18.5. The van der Waals surface area contributed by atoms with Crippen molar-refractivity contribution in [2.45, 2.75) is 19.6 Å². The summed E-state index contributed by atoms with van der Waals surface area (Å²) in [5.74, 6) is -0.205. The molecule has 0 aliphatic heterocycles. The maximum absolute atomic E-state index is 12.2. The number of benzene rings is 2. The van der Waals surface area contributed by atoms with Gasteiger partial charge in [0, 0.05) is 30.6 Å². The van der Waals surface area contributed by atoms with Crippen LogP contribution in [-0.4, -0.2) is 39.6 Å². The number of nitro benzene ring substituents is 1. The van der Waals surface area contributed by atoms with Gasteiger partial charge < -0.3 is 10.2 Å². The summed E-state index contributed by atoms with van der Waals surface area (Å²) in [5.41, 5.74) is 2.75. The summed E-state index contributed by atoms with van der Waals surface area (Å²) in [6.07, 6.45) is 1.59. The van der Waals surface area contributed by atoms with Gasteiger partial charge in [-0.1, -0.05) is 24.3 Å². The fourth-order valence-corrected chi connectivity index (χ4v) is 2.82. The Balaban J connectivity index is 1.61. The number of nitrogens with zero attached hydrogens (tertiary/aromatic N) is 4. The number of nitro groups is 1. The molecule has 1 aromatic heterocycles. The van der Waals surface area contributed by atoms with Crippen LogP contribution < -0.4 is 5.32 Å². The van der Waals surface area contributed by atoms with E-state index < -0.39 is 4.92 Å². The first-order valence-electron chi connectivity index (χ1n) is 8.51. The van der Waals surface area contributed by atoms with Gasteiger partial charge in [-0.3, -0.25) is 19.6 Å². The molecule has 1 amide bonds. The molecule has 0 bridgehead atoms. The minimum Gasteiger partial charge on any atom is -0.350 e. The number of non-ortho nitro benzene ring substituents is 1. The van der Waals surface area contributed by atoms with E-state index in [9.17, 15) is 14.9 Å². The highest BCUT2D eigenvalue weighted by atomic mass is 16.6. The largest absolute Gasteiger partial charge is 0.350 e. The Morgan fingerprint density at radius 3 is 2.56 bits per heavy atom. The lowest BCUT2D eigenvalue weighted by Crippen LogP contribution is -2.27. The highest BCUT2D eigenvalue weighted by Crippen LogP contribution is 2.20. The average Bonchev–Trinajstić information content (AvgIpc) is 3.02. The molecule has 8 nitrogen and oxygen atoms in total. The van der Waals surface area contributed by atoms with E-state index in [0.29, 0.717) is 12.1 Å². The van der Waals surface area contributed by atoms with Gasteiger partial charge in [0.25, 0.3) is 5.69 Å². The molecule has 2 aromatic carbocycles. The van der Waals surface area contributed by atoms with Crippen LogP contribution in [0.15, 0.2) is 48.7 Å². The summed E-state index contributed by atoms with van der Waals surface area (Å²) < 4.78 is 1.47. The van der Waals surface area contributed by atoms with Gasteiger partial charge in [0.15, 0.2) is 0 Å². The summed E-state index contributed by atoms with van der Waals surface area (Å²) in [4.78, 5) is 24.8. The van der Waals surface area contributed by atoms with E-state index in [4.69, 9.17) is 0 Å². The number of hydrogen-bond donors (Lipinski definition) is 1. The lowest BCUT2D eigenvalue weighted by atomic mass is 10.1. The molecule has 3 aromatic rings. The van der Waals surface area contributed by atoms with Crippen LogP contribution in [0, 0.1) is 10.1 Å². The molecule has 0 atom stereocenters. The molecular formula is C19H21N5O3. The highest BCUT2D eigenvalue weighted by Gasteiger charge is 2.12. The Labute approximate surface area is 156 Å². The van der Waals surface area contributed by atoms with Crippen LogP contribution in [0.3, 0.4) is 0 Å². The molecule has 8 heteroatoms. The van der Waals surface area contributed by atoms with Crippen molar-refractivity contribution in [3.63, 3.8) is 0 Å². The number of hydrogen-bond acceptors (Lipinski definition) is 5. The average molecular weight is 367 g/mol. The lowest BCUT2D eigenvalue weighted by Gasteiger charge is -2.10. The molecule has 0 radical (unpaired) electrons. The molecule has 0 unspecified atom stereocenters. The predicted octanol–water partition coefficient (Wildman–Crippen LogP) is 2.32. The number of aromatic nitrogens is 2. The van der Waals surface area contributed by atoms with E-state index in [1.807, 2.05) is 38.4 Å². The third-order valence-electron chi connectivity index (χ3n) is 4.14. The van der Waals surface area contributed by atoms with Gasteiger partial charge in [-0.15, -0.1) is 0 Å². The van der Waals surface area contributed by atoms with E-state index in [0.717, 1.165) is 17.5 Å². The second kappa shape index (κ2) is 7.96. The van der Waals surface area contributed by atoms with Gasteiger partial charge >= 0.3 is 0 Å². The van der Waals surface area contributed by atoms with Crippen LogP contribution in [0.4, 0.5) is 5.69 Å². The molecule has 3 rings (SSSR count). The van der Waals surface area contributed by atoms with Gasteiger partial charge in [-0.05, 0) is 31.3 Å². The predicted molar refractivity (Wildman–Crippen MR) is 102 cm³/mol. The molecule has 140 valence electrons. The van der Waals surface area contributed by atoms with E-state index in [1.54, 1.807) is 12.3 Å². The van der Waals surface area contributed by atoms with Crippen molar-refractivity contribution in [1.29, 1.82) is 0 Å². The summed E-state index contributed by atoms with van der Waals surface area (Å²) >= 11 is 0. The number of carbonyl (C=O) groups is 1. The molecule has 0 spiro atoms. The Kier molecular flexibility index (Phi) is 5.46.